The van der Waals surface area contributed by atoms with Crippen LogP contribution in [0.1, 0.15) is 44.6 Å². The monoisotopic (exact) mass is 337 g/mol. The second-order valence-corrected chi connectivity index (χ2v) is 6.71. The largest absolute Gasteiger partial charge is 0.309 e. The van der Waals surface area contributed by atoms with Crippen LogP contribution < -0.4 is 5.32 Å². The summed E-state index contributed by atoms with van der Waals surface area (Å²) in [5.41, 5.74) is 1.52. The number of carbonyl (C=O) groups is 1. The molecule has 0 aliphatic rings. The van der Waals surface area contributed by atoms with Crippen molar-refractivity contribution in [3.63, 3.8) is 0 Å². The summed E-state index contributed by atoms with van der Waals surface area (Å²) in [7, 11) is 0. The Bertz CT molecular complexity index is 689. The molecule has 0 bridgehead atoms. The zero-order valence-electron chi connectivity index (χ0n) is 14.3. The number of carbonyl (C=O) groups excluding carboxylic acids is 1. The van der Waals surface area contributed by atoms with Gasteiger partial charge in [0.05, 0.1) is 28.6 Å². The number of amides is 1. The van der Waals surface area contributed by atoms with Gasteiger partial charge in [-0.05, 0) is 33.1 Å². The van der Waals surface area contributed by atoms with Crippen LogP contribution in [0.5, 0.6) is 0 Å². The minimum atomic E-state index is -0.147. The molecule has 2 rings (SSSR count). The van der Waals surface area contributed by atoms with E-state index >= 15 is 0 Å². The number of nitrogens with one attached hydrogen (secondary N) is 1. The number of rotatable bonds is 6. The predicted molar refractivity (Wildman–Crippen MR) is 91.7 cm³/mol. The molecule has 0 aliphatic carbocycles. The van der Waals surface area contributed by atoms with E-state index in [0.717, 1.165) is 17.8 Å². The number of aryl methyl sites for hydroxylation is 1. The summed E-state index contributed by atoms with van der Waals surface area (Å²) in [6.07, 6.45) is 2.70. The van der Waals surface area contributed by atoms with Gasteiger partial charge in [-0.15, -0.1) is 0 Å². The van der Waals surface area contributed by atoms with E-state index in [1.165, 1.54) is 0 Å². The Hall–Kier alpha value is -1.82. The van der Waals surface area contributed by atoms with Crippen LogP contribution >= 0.6 is 11.6 Å². The van der Waals surface area contributed by atoms with Crippen LogP contribution in [0.2, 0.25) is 5.02 Å². The van der Waals surface area contributed by atoms with Gasteiger partial charge in [0.2, 0.25) is 5.91 Å². The molecule has 0 saturated heterocycles. The summed E-state index contributed by atoms with van der Waals surface area (Å²) in [5, 5.41) is 12.1. The first-order chi connectivity index (χ1) is 10.8. The van der Waals surface area contributed by atoms with Crippen LogP contribution in [0, 0.1) is 19.8 Å². The van der Waals surface area contributed by atoms with Crippen molar-refractivity contribution in [2.75, 3.05) is 5.32 Å². The third kappa shape index (κ3) is 4.13. The summed E-state index contributed by atoms with van der Waals surface area (Å²) in [6, 6.07) is 2.03. The van der Waals surface area contributed by atoms with Crippen LogP contribution in [0.15, 0.2) is 12.3 Å². The van der Waals surface area contributed by atoms with Crippen LogP contribution in [0.3, 0.4) is 0 Å². The molecule has 2 aromatic rings. The number of hydrogen-bond donors (Lipinski definition) is 1. The lowest BCUT2D eigenvalue weighted by Gasteiger charge is -2.18. The normalized spacial score (nSPS) is 12.7. The van der Waals surface area contributed by atoms with Gasteiger partial charge in [0.25, 0.3) is 0 Å². The number of halogens is 1. The number of anilines is 1. The number of nitrogens with zero attached hydrogens (tertiary/aromatic N) is 4. The van der Waals surface area contributed by atoms with Crippen molar-refractivity contribution >= 4 is 23.3 Å². The molecule has 7 heteroatoms. The van der Waals surface area contributed by atoms with Gasteiger partial charge in [-0.2, -0.15) is 10.2 Å². The van der Waals surface area contributed by atoms with Gasteiger partial charge in [0.1, 0.15) is 12.4 Å². The minimum Gasteiger partial charge on any atom is -0.309 e. The molecular formula is C16H24ClN5O. The van der Waals surface area contributed by atoms with Crippen molar-refractivity contribution in [1.29, 1.82) is 0 Å². The molecule has 1 unspecified atom stereocenters. The third-order valence-electron chi connectivity index (χ3n) is 3.75. The summed E-state index contributed by atoms with van der Waals surface area (Å²) in [5.74, 6) is 1.12. The van der Waals surface area contributed by atoms with Gasteiger partial charge in [0.15, 0.2) is 0 Å². The molecule has 0 aliphatic heterocycles. The lowest BCUT2D eigenvalue weighted by molar-refractivity contribution is -0.117. The summed E-state index contributed by atoms with van der Waals surface area (Å²) in [4.78, 5) is 12.3. The van der Waals surface area contributed by atoms with E-state index in [2.05, 4.69) is 36.3 Å². The third-order valence-corrected chi connectivity index (χ3v) is 4.30. The molecule has 1 amide bonds. The van der Waals surface area contributed by atoms with Gasteiger partial charge in [-0.3, -0.25) is 9.48 Å². The second-order valence-electron chi connectivity index (χ2n) is 6.33. The van der Waals surface area contributed by atoms with E-state index in [4.69, 9.17) is 11.6 Å². The van der Waals surface area contributed by atoms with Crippen molar-refractivity contribution in [2.45, 2.75) is 53.6 Å². The van der Waals surface area contributed by atoms with Crippen molar-refractivity contribution in [3.8, 4) is 0 Å². The Balaban J connectivity index is 2.06. The van der Waals surface area contributed by atoms with E-state index in [-0.39, 0.29) is 18.5 Å². The Labute approximate surface area is 141 Å². The van der Waals surface area contributed by atoms with Crippen LogP contribution in [0.4, 0.5) is 5.82 Å². The fourth-order valence-electron chi connectivity index (χ4n) is 2.69. The zero-order valence-corrected chi connectivity index (χ0v) is 15.1. The van der Waals surface area contributed by atoms with E-state index < -0.39 is 0 Å². The van der Waals surface area contributed by atoms with E-state index in [1.807, 2.05) is 24.6 Å². The second kappa shape index (κ2) is 7.17. The fraction of sp³-hybridized carbons (Fsp3) is 0.562. The molecule has 2 aromatic heterocycles. The highest BCUT2D eigenvalue weighted by molar-refractivity contribution is 6.31. The minimum absolute atomic E-state index is 0.128. The maximum Gasteiger partial charge on any atom is 0.247 e. The molecule has 23 heavy (non-hydrogen) atoms. The zero-order chi connectivity index (χ0) is 17.1. The average molecular weight is 338 g/mol. The van der Waals surface area contributed by atoms with Crippen molar-refractivity contribution in [3.05, 3.63) is 28.7 Å². The number of hydrogen-bond acceptors (Lipinski definition) is 3. The average Bonchev–Trinajstić information content (AvgIpc) is 3.00. The highest BCUT2D eigenvalue weighted by atomic mass is 35.5. The summed E-state index contributed by atoms with van der Waals surface area (Å²) in [6.45, 7) is 10.2. The molecule has 0 spiro atoms. The summed E-state index contributed by atoms with van der Waals surface area (Å²) < 4.78 is 3.47. The van der Waals surface area contributed by atoms with E-state index in [9.17, 15) is 4.79 Å². The van der Waals surface area contributed by atoms with Gasteiger partial charge in [-0.1, -0.05) is 25.4 Å². The predicted octanol–water partition coefficient (Wildman–Crippen LogP) is 3.60. The smallest absolute Gasteiger partial charge is 0.247 e. The first-order valence-electron chi connectivity index (χ1n) is 7.82. The topological polar surface area (TPSA) is 64.7 Å². The lowest BCUT2D eigenvalue weighted by atomic mass is 10.1. The quantitative estimate of drug-likeness (QED) is 0.876. The van der Waals surface area contributed by atoms with Crippen LogP contribution in [-0.4, -0.2) is 25.5 Å². The fourth-order valence-corrected chi connectivity index (χ4v) is 2.83. The van der Waals surface area contributed by atoms with Crippen molar-refractivity contribution in [2.24, 2.45) is 5.92 Å². The van der Waals surface area contributed by atoms with Crippen LogP contribution in [0.25, 0.3) is 0 Å². The van der Waals surface area contributed by atoms with Gasteiger partial charge in [-0.25, -0.2) is 4.68 Å². The Morgan fingerprint density at radius 3 is 2.61 bits per heavy atom. The molecular weight excluding hydrogens is 314 g/mol. The number of aromatic nitrogens is 4. The van der Waals surface area contributed by atoms with Crippen molar-refractivity contribution < 1.29 is 4.79 Å². The first kappa shape index (κ1) is 17.5. The van der Waals surface area contributed by atoms with E-state index in [0.29, 0.717) is 16.8 Å². The maximum absolute atomic E-state index is 12.3. The Morgan fingerprint density at radius 1 is 1.35 bits per heavy atom. The summed E-state index contributed by atoms with van der Waals surface area (Å²) >= 11 is 6.11. The van der Waals surface area contributed by atoms with Gasteiger partial charge in [0, 0.05) is 6.07 Å². The molecule has 1 N–H and O–H groups in total. The molecule has 0 fully saturated rings. The molecule has 0 saturated carbocycles. The Kier molecular flexibility index (Phi) is 5.46. The van der Waals surface area contributed by atoms with Crippen molar-refractivity contribution in [1.82, 2.24) is 19.6 Å². The first-order valence-corrected chi connectivity index (χ1v) is 8.20. The highest BCUT2D eigenvalue weighted by Gasteiger charge is 2.16. The molecule has 1 atom stereocenters. The standard InChI is InChI=1S/C16H24ClN5O/c1-10(2)8-11(3)22-14(6-7-18-22)19-15(23)9-21-13(5)16(17)12(4)20-21/h6-7,10-11H,8-9H2,1-5H3,(H,19,23). The molecule has 0 aromatic carbocycles. The molecule has 126 valence electrons. The molecule has 6 nitrogen and oxygen atoms in total. The highest BCUT2D eigenvalue weighted by Crippen LogP contribution is 2.21. The van der Waals surface area contributed by atoms with Gasteiger partial charge >= 0.3 is 0 Å². The SMILES string of the molecule is Cc1nn(CC(=O)Nc2ccnn2C(C)CC(C)C)c(C)c1Cl. The van der Waals surface area contributed by atoms with Crippen LogP contribution in [-0.2, 0) is 11.3 Å². The molecule has 2 heterocycles. The Morgan fingerprint density at radius 2 is 2.04 bits per heavy atom. The maximum atomic E-state index is 12.3. The lowest BCUT2D eigenvalue weighted by Crippen LogP contribution is -2.23. The van der Waals surface area contributed by atoms with Gasteiger partial charge < -0.3 is 5.32 Å². The van der Waals surface area contributed by atoms with E-state index in [1.54, 1.807) is 10.9 Å². The molecule has 0 radical (unpaired) electrons.